The van der Waals surface area contributed by atoms with Crippen LogP contribution in [0.25, 0.3) is 0 Å². The van der Waals surface area contributed by atoms with Gasteiger partial charge in [0.25, 0.3) is 0 Å². The predicted molar refractivity (Wildman–Crippen MR) is 106 cm³/mol. The minimum Gasteiger partial charge on any atom is -0.341 e. The zero-order valence-electron chi connectivity index (χ0n) is 14.4. The summed E-state index contributed by atoms with van der Waals surface area (Å²) in [6.07, 6.45) is 1.13. The number of thiocarbonyl (C=S) groups is 1. The minimum atomic E-state index is 0.290. The van der Waals surface area contributed by atoms with Crippen molar-refractivity contribution in [3.63, 3.8) is 0 Å². The zero-order valence-corrected chi connectivity index (χ0v) is 16.0. The summed E-state index contributed by atoms with van der Waals surface area (Å²) in [6, 6.07) is 12.9. The molecule has 0 aliphatic heterocycles. The van der Waals surface area contributed by atoms with Crippen LogP contribution in [0, 0.1) is 12.8 Å². The summed E-state index contributed by atoms with van der Waals surface area (Å²) >= 11 is 7.53. The number of hydrogen-bond acceptors (Lipinski definition) is 2. The molecule has 1 N–H and O–H groups in total. The highest BCUT2D eigenvalue weighted by atomic mass is 32.1. The van der Waals surface area contributed by atoms with E-state index >= 15 is 0 Å². The fourth-order valence-corrected chi connectivity index (χ4v) is 3.61. The van der Waals surface area contributed by atoms with E-state index in [-0.39, 0.29) is 6.04 Å². The van der Waals surface area contributed by atoms with Gasteiger partial charge in [0, 0.05) is 17.1 Å². The van der Waals surface area contributed by atoms with Crippen LogP contribution < -0.4 is 5.32 Å². The van der Waals surface area contributed by atoms with Gasteiger partial charge in [-0.1, -0.05) is 38.1 Å². The van der Waals surface area contributed by atoms with E-state index in [2.05, 4.69) is 67.6 Å². The minimum absolute atomic E-state index is 0.290. The number of anilines is 1. The van der Waals surface area contributed by atoms with Crippen molar-refractivity contribution >= 4 is 34.4 Å². The smallest absolute Gasteiger partial charge is 0.173 e. The van der Waals surface area contributed by atoms with Gasteiger partial charge in [0.2, 0.25) is 0 Å². The highest BCUT2D eigenvalue weighted by Gasteiger charge is 2.20. The Bertz CT molecular complexity index is 620. The molecule has 1 atom stereocenters. The first-order valence-corrected chi connectivity index (χ1v) is 9.44. The Morgan fingerprint density at radius 2 is 1.91 bits per heavy atom. The molecule has 0 spiro atoms. The topological polar surface area (TPSA) is 15.3 Å². The van der Waals surface area contributed by atoms with Gasteiger partial charge >= 0.3 is 0 Å². The lowest BCUT2D eigenvalue weighted by Crippen LogP contribution is -2.38. The van der Waals surface area contributed by atoms with Crippen molar-refractivity contribution in [2.45, 2.75) is 40.2 Å². The number of aryl methyl sites for hydroxylation is 1. The van der Waals surface area contributed by atoms with E-state index < -0.39 is 0 Å². The number of thiophene rings is 1. The maximum Gasteiger partial charge on any atom is 0.173 e. The van der Waals surface area contributed by atoms with Crippen molar-refractivity contribution < 1.29 is 0 Å². The van der Waals surface area contributed by atoms with E-state index in [1.54, 1.807) is 11.3 Å². The maximum atomic E-state index is 5.74. The van der Waals surface area contributed by atoms with Crippen LogP contribution in [-0.2, 0) is 0 Å². The molecule has 1 aromatic carbocycles. The van der Waals surface area contributed by atoms with E-state index in [9.17, 15) is 0 Å². The van der Waals surface area contributed by atoms with Gasteiger partial charge in [0.1, 0.15) is 0 Å². The molecule has 0 unspecified atom stereocenters. The Morgan fingerprint density at radius 1 is 1.17 bits per heavy atom. The highest BCUT2D eigenvalue weighted by molar-refractivity contribution is 7.80. The van der Waals surface area contributed by atoms with Crippen LogP contribution in [0.2, 0.25) is 0 Å². The molecule has 0 fully saturated rings. The van der Waals surface area contributed by atoms with Gasteiger partial charge in [-0.3, -0.25) is 0 Å². The predicted octanol–water partition coefficient (Wildman–Crippen LogP) is 5.86. The fourth-order valence-electron chi connectivity index (χ4n) is 2.45. The summed E-state index contributed by atoms with van der Waals surface area (Å²) in [5.41, 5.74) is 2.30. The summed E-state index contributed by atoms with van der Waals surface area (Å²) in [7, 11) is 0. The van der Waals surface area contributed by atoms with Gasteiger partial charge in [-0.05, 0) is 61.5 Å². The molecule has 4 heteroatoms. The third-order valence-electron chi connectivity index (χ3n) is 4.02. The highest BCUT2D eigenvalue weighted by Crippen LogP contribution is 2.26. The maximum absolute atomic E-state index is 5.74. The Kier molecular flexibility index (Phi) is 6.60. The lowest BCUT2D eigenvalue weighted by molar-refractivity contribution is 0.322. The molecule has 0 aliphatic rings. The van der Waals surface area contributed by atoms with E-state index in [1.165, 1.54) is 10.4 Å². The summed E-state index contributed by atoms with van der Waals surface area (Å²) in [6.45, 7) is 9.82. The van der Waals surface area contributed by atoms with E-state index in [0.29, 0.717) is 5.92 Å². The Balaban J connectivity index is 2.15. The first-order valence-electron chi connectivity index (χ1n) is 8.15. The standard InChI is InChI=1S/C19H26N2S2/c1-14(2)11-12-21(16(4)18-10-7-13-23-18)19(22)20-17-9-6-5-8-15(17)3/h5-10,13-14,16H,11-12H2,1-4H3,(H,20,22)/t16-/m0/s1. The molecule has 0 bridgehead atoms. The summed E-state index contributed by atoms with van der Waals surface area (Å²) in [5.74, 6) is 0.661. The van der Waals surface area contributed by atoms with Crippen LogP contribution in [0.5, 0.6) is 0 Å². The van der Waals surface area contributed by atoms with Gasteiger partial charge in [-0.15, -0.1) is 11.3 Å². The molecular formula is C19H26N2S2. The summed E-state index contributed by atoms with van der Waals surface area (Å²) < 4.78 is 0. The average molecular weight is 347 g/mol. The number of nitrogens with zero attached hydrogens (tertiary/aromatic N) is 1. The molecule has 2 aromatic rings. The molecule has 0 saturated heterocycles. The van der Waals surface area contributed by atoms with Gasteiger partial charge < -0.3 is 10.2 Å². The SMILES string of the molecule is Cc1ccccc1NC(=S)N(CCC(C)C)[C@@H](C)c1cccs1. The second-order valence-corrected chi connectivity index (χ2v) is 7.68. The Labute approximate surface area is 149 Å². The lowest BCUT2D eigenvalue weighted by Gasteiger charge is -2.32. The number of benzene rings is 1. The summed E-state index contributed by atoms with van der Waals surface area (Å²) in [5, 5.41) is 6.37. The van der Waals surface area contributed by atoms with Gasteiger partial charge in [-0.2, -0.15) is 0 Å². The van der Waals surface area contributed by atoms with Crippen LogP contribution in [0.15, 0.2) is 41.8 Å². The van der Waals surface area contributed by atoms with Crippen molar-refractivity contribution in [3.05, 3.63) is 52.2 Å². The largest absolute Gasteiger partial charge is 0.341 e. The summed E-state index contributed by atoms with van der Waals surface area (Å²) in [4.78, 5) is 3.66. The van der Waals surface area contributed by atoms with Gasteiger partial charge in [0.15, 0.2) is 5.11 Å². The number of para-hydroxylation sites is 1. The molecule has 2 rings (SSSR count). The van der Waals surface area contributed by atoms with Crippen LogP contribution in [0.4, 0.5) is 5.69 Å². The van der Waals surface area contributed by atoms with E-state index in [0.717, 1.165) is 23.8 Å². The van der Waals surface area contributed by atoms with E-state index in [4.69, 9.17) is 12.2 Å². The number of hydrogen-bond donors (Lipinski definition) is 1. The normalized spacial score (nSPS) is 12.2. The van der Waals surface area contributed by atoms with Crippen LogP contribution in [-0.4, -0.2) is 16.6 Å². The molecule has 23 heavy (non-hydrogen) atoms. The molecular weight excluding hydrogens is 320 g/mol. The second-order valence-electron chi connectivity index (χ2n) is 6.31. The first kappa shape index (κ1) is 18.0. The van der Waals surface area contributed by atoms with Gasteiger partial charge in [0.05, 0.1) is 6.04 Å². The van der Waals surface area contributed by atoms with Crippen molar-refractivity contribution in [3.8, 4) is 0 Å². The van der Waals surface area contributed by atoms with Gasteiger partial charge in [-0.25, -0.2) is 0 Å². The molecule has 0 saturated carbocycles. The van der Waals surface area contributed by atoms with Crippen molar-refractivity contribution in [2.75, 3.05) is 11.9 Å². The molecule has 124 valence electrons. The fraction of sp³-hybridized carbons (Fsp3) is 0.421. The lowest BCUT2D eigenvalue weighted by atomic mass is 10.1. The number of rotatable bonds is 6. The molecule has 1 aromatic heterocycles. The van der Waals surface area contributed by atoms with Crippen molar-refractivity contribution in [2.24, 2.45) is 5.92 Å². The molecule has 0 radical (unpaired) electrons. The second kappa shape index (κ2) is 8.46. The molecule has 2 nitrogen and oxygen atoms in total. The van der Waals surface area contributed by atoms with Crippen LogP contribution in [0.1, 0.15) is 43.7 Å². The van der Waals surface area contributed by atoms with Crippen LogP contribution >= 0.6 is 23.6 Å². The molecule has 1 heterocycles. The monoisotopic (exact) mass is 346 g/mol. The van der Waals surface area contributed by atoms with E-state index in [1.807, 2.05) is 12.1 Å². The average Bonchev–Trinajstić information content (AvgIpc) is 3.03. The zero-order chi connectivity index (χ0) is 16.8. The third-order valence-corrected chi connectivity index (χ3v) is 5.40. The quantitative estimate of drug-likeness (QED) is 0.659. The Morgan fingerprint density at radius 3 is 2.52 bits per heavy atom. The number of nitrogens with one attached hydrogen (secondary N) is 1. The van der Waals surface area contributed by atoms with Crippen molar-refractivity contribution in [1.82, 2.24) is 4.90 Å². The van der Waals surface area contributed by atoms with Crippen LogP contribution in [0.3, 0.4) is 0 Å². The van der Waals surface area contributed by atoms with Crippen molar-refractivity contribution in [1.29, 1.82) is 0 Å². The third kappa shape index (κ3) is 5.05. The first-order chi connectivity index (χ1) is 11.0. The Hall–Kier alpha value is -1.39. The molecule has 0 amide bonds. The molecule has 0 aliphatic carbocycles.